The number of aromatic nitrogens is 1. The summed E-state index contributed by atoms with van der Waals surface area (Å²) in [5.74, 6) is -0.321. The Morgan fingerprint density at radius 2 is 2.06 bits per heavy atom. The molecular formula is C11H15NO3S. The Morgan fingerprint density at radius 1 is 1.44 bits per heavy atom. The lowest BCUT2D eigenvalue weighted by atomic mass is 10.1. The summed E-state index contributed by atoms with van der Waals surface area (Å²) in [6, 6.07) is 3.59. The highest BCUT2D eigenvalue weighted by molar-refractivity contribution is 7.92. The smallest absolute Gasteiger partial charge is 0.157 e. The van der Waals surface area contributed by atoms with Crippen LogP contribution in [0.2, 0.25) is 0 Å². The summed E-state index contributed by atoms with van der Waals surface area (Å²) in [5.41, 5.74) is 1.61. The largest absolute Gasteiger partial charge is 0.298 e. The van der Waals surface area contributed by atoms with Gasteiger partial charge in [-0.25, -0.2) is 8.42 Å². The van der Waals surface area contributed by atoms with Crippen molar-refractivity contribution in [2.24, 2.45) is 0 Å². The van der Waals surface area contributed by atoms with Crippen LogP contribution in [-0.2, 0) is 21.1 Å². The number of carbonyl (C=O) groups excluding carboxylic acids is 1. The lowest BCUT2D eigenvalue weighted by molar-refractivity contribution is -0.117. The maximum Gasteiger partial charge on any atom is 0.157 e. The first-order valence-electron chi connectivity index (χ1n) is 4.94. The summed E-state index contributed by atoms with van der Waals surface area (Å²) in [6.07, 6.45) is 2.79. The average Bonchev–Trinajstić information content (AvgIpc) is 2.19. The summed E-state index contributed by atoms with van der Waals surface area (Å²) in [7, 11) is -3.31. The Kier molecular flexibility index (Phi) is 3.80. The second-order valence-corrected chi connectivity index (χ2v) is 6.31. The Labute approximate surface area is 95.6 Å². The SMILES string of the molecule is Cc1ccc(CC(=O)C(C)S(C)(=O)=O)nc1. The Morgan fingerprint density at radius 3 is 2.50 bits per heavy atom. The van der Waals surface area contributed by atoms with Gasteiger partial charge in [-0.1, -0.05) is 6.07 Å². The third kappa shape index (κ3) is 3.41. The zero-order chi connectivity index (χ0) is 12.3. The first-order chi connectivity index (χ1) is 7.30. The molecule has 1 aromatic heterocycles. The van der Waals surface area contributed by atoms with Gasteiger partial charge < -0.3 is 0 Å². The van der Waals surface area contributed by atoms with E-state index in [1.807, 2.05) is 13.0 Å². The molecule has 0 spiro atoms. The van der Waals surface area contributed by atoms with E-state index < -0.39 is 15.1 Å². The van der Waals surface area contributed by atoms with E-state index in [-0.39, 0.29) is 12.2 Å². The van der Waals surface area contributed by atoms with E-state index in [4.69, 9.17) is 0 Å². The van der Waals surface area contributed by atoms with Crippen molar-refractivity contribution in [2.75, 3.05) is 6.26 Å². The van der Waals surface area contributed by atoms with Crippen LogP contribution in [-0.4, -0.2) is 30.7 Å². The number of pyridine rings is 1. The molecular weight excluding hydrogens is 226 g/mol. The van der Waals surface area contributed by atoms with Gasteiger partial charge >= 0.3 is 0 Å². The number of Topliss-reactive ketones (excluding diaryl/α,β-unsaturated/α-hetero) is 1. The fourth-order valence-corrected chi connectivity index (χ4v) is 1.72. The van der Waals surface area contributed by atoms with Crippen LogP contribution in [0.5, 0.6) is 0 Å². The highest BCUT2D eigenvalue weighted by atomic mass is 32.2. The van der Waals surface area contributed by atoms with Crippen molar-refractivity contribution < 1.29 is 13.2 Å². The van der Waals surface area contributed by atoms with E-state index in [9.17, 15) is 13.2 Å². The summed E-state index contributed by atoms with van der Waals surface area (Å²) < 4.78 is 22.4. The third-order valence-electron chi connectivity index (χ3n) is 2.42. The number of ketones is 1. The number of hydrogen-bond acceptors (Lipinski definition) is 4. The second kappa shape index (κ2) is 4.74. The molecule has 0 aliphatic heterocycles. The van der Waals surface area contributed by atoms with Crippen LogP contribution in [0.3, 0.4) is 0 Å². The highest BCUT2D eigenvalue weighted by Crippen LogP contribution is 2.06. The fourth-order valence-electron chi connectivity index (χ4n) is 1.16. The maximum atomic E-state index is 11.6. The average molecular weight is 241 g/mol. The van der Waals surface area contributed by atoms with E-state index in [0.29, 0.717) is 5.69 Å². The molecule has 16 heavy (non-hydrogen) atoms. The number of nitrogens with zero attached hydrogens (tertiary/aromatic N) is 1. The molecule has 5 heteroatoms. The van der Waals surface area contributed by atoms with Crippen molar-refractivity contribution in [3.8, 4) is 0 Å². The van der Waals surface area contributed by atoms with Crippen LogP contribution in [0.15, 0.2) is 18.3 Å². The van der Waals surface area contributed by atoms with Crippen molar-refractivity contribution in [3.63, 3.8) is 0 Å². The van der Waals surface area contributed by atoms with Crippen LogP contribution in [0.1, 0.15) is 18.2 Å². The minimum absolute atomic E-state index is 0.0640. The third-order valence-corrected chi connectivity index (χ3v) is 3.97. The van der Waals surface area contributed by atoms with Gasteiger partial charge in [-0.15, -0.1) is 0 Å². The van der Waals surface area contributed by atoms with Gasteiger partial charge in [0.1, 0.15) is 5.25 Å². The van der Waals surface area contributed by atoms with E-state index in [1.165, 1.54) is 6.92 Å². The number of hydrogen-bond donors (Lipinski definition) is 0. The monoisotopic (exact) mass is 241 g/mol. The van der Waals surface area contributed by atoms with Gasteiger partial charge in [0.05, 0.1) is 6.42 Å². The van der Waals surface area contributed by atoms with Crippen LogP contribution >= 0.6 is 0 Å². The molecule has 0 fully saturated rings. The fraction of sp³-hybridized carbons (Fsp3) is 0.455. The maximum absolute atomic E-state index is 11.6. The van der Waals surface area contributed by atoms with E-state index in [0.717, 1.165) is 11.8 Å². The molecule has 0 radical (unpaired) electrons. The molecule has 0 saturated heterocycles. The predicted octanol–water partition coefficient (Wildman–Crippen LogP) is 0.935. The van der Waals surface area contributed by atoms with Crippen molar-refractivity contribution in [3.05, 3.63) is 29.6 Å². The molecule has 0 N–H and O–H groups in total. The Bertz CT molecular complexity index is 476. The first-order valence-corrected chi connectivity index (χ1v) is 6.89. The molecule has 0 saturated carbocycles. The lowest BCUT2D eigenvalue weighted by Gasteiger charge is -2.07. The van der Waals surface area contributed by atoms with Gasteiger partial charge in [0.15, 0.2) is 15.6 Å². The minimum Gasteiger partial charge on any atom is -0.298 e. The molecule has 0 aliphatic rings. The molecule has 1 aromatic rings. The zero-order valence-electron chi connectivity index (χ0n) is 9.60. The van der Waals surface area contributed by atoms with Crippen molar-refractivity contribution >= 4 is 15.6 Å². The van der Waals surface area contributed by atoms with Crippen molar-refractivity contribution in [1.29, 1.82) is 0 Å². The molecule has 0 bridgehead atoms. The van der Waals surface area contributed by atoms with Gasteiger partial charge in [-0.3, -0.25) is 9.78 Å². The quantitative estimate of drug-likeness (QED) is 0.786. The van der Waals surface area contributed by atoms with E-state index in [1.54, 1.807) is 12.3 Å². The molecule has 1 heterocycles. The molecule has 0 amide bonds. The molecule has 0 aliphatic carbocycles. The van der Waals surface area contributed by atoms with Gasteiger partial charge in [0, 0.05) is 18.1 Å². The van der Waals surface area contributed by atoms with Crippen LogP contribution in [0, 0.1) is 6.92 Å². The first kappa shape index (κ1) is 12.8. The van der Waals surface area contributed by atoms with Crippen LogP contribution in [0.25, 0.3) is 0 Å². The number of rotatable bonds is 4. The molecule has 4 nitrogen and oxygen atoms in total. The Balaban J connectivity index is 2.76. The summed E-state index contributed by atoms with van der Waals surface area (Å²) in [4.78, 5) is 15.7. The summed E-state index contributed by atoms with van der Waals surface area (Å²) in [5, 5.41) is -0.962. The highest BCUT2D eigenvalue weighted by Gasteiger charge is 2.23. The normalized spacial score (nSPS) is 13.4. The van der Waals surface area contributed by atoms with Crippen LogP contribution < -0.4 is 0 Å². The van der Waals surface area contributed by atoms with Gasteiger partial charge in [0.2, 0.25) is 0 Å². The van der Waals surface area contributed by atoms with Gasteiger partial charge in [-0.2, -0.15) is 0 Å². The second-order valence-electron chi connectivity index (χ2n) is 3.94. The van der Waals surface area contributed by atoms with Crippen molar-refractivity contribution in [1.82, 2.24) is 4.98 Å². The molecule has 0 aromatic carbocycles. The molecule has 1 atom stereocenters. The summed E-state index contributed by atoms with van der Waals surface area (Å²) in [6.45, 7) is 3.31. The van der Waals surface area contributed by atoms with Gasteiger partial charge in [0.25, 0.3) is 0 Å². The topological polar surface area (TPSA) is 64.1 Å². The predicted molar refractivity (Wildman–Crippen MR) is 62.0 cm³/mol. The van der Waals surface area contributed by atoms with E-state index >= 15 is 0 Å². The number of carbonyl (C=O) groups is 1. The Hall–Kier alpha value is -1.23. The molecule has 88 valence electrons. The molecule has 1 rings (SSSR count). The number of aryl methyl sites for hydroxylation is 1. The molecule has 1 unspecified atom stereocenters. The standard InChI is InChI=1S/C11H15NO3S/c1-8-4-5-10(12-7-8)6-11(13)9(2)16(3,14)15/h4-5,7,9H,6H2,1-3H3. The minimum atomic E-state index is -3.31. The summed E-state index contributed by atoms with van der Waals surface area (Å²) >= 11 is 0. The van der Waals surface area contributed by atoms with Crippen LogP contribution in [0.4, 0.5) is 0 Å². The van der Waals surface area contributed by atoms with Crippen molar-refractivity contribution in [2.45, 2.75) is 25.5 Å². The van der Waals surface area contributed by atoms with E-state index in [2.05, 4.69) is 4.98 Å². The zero-order valence-corrected chi connectivity index (χ0v) is 10.4. The lowest BCUT2D eigenvalue weighted by Crippen LogP contribution is -2.27. The van der Waals surface area contributed by atoms with Gasteiger partial charge in [-0.05, 0) is 25.5 Å². The number of sulfone groups is 1.